The summed E-state index contributed by atoms with van der Waals surface area (Å²) < 4.78 is 19.0. The number of benzene rings is 1. The van der Waals surface area contributed by atoms with Gasteiger partial charge in [-0.25, -0.2) is 4.39 Å². The van der Waals surface area contributed by atoms with Gasteiger partial charge in [0.1, 0.15) is 23.3 Å². The van der Waals surface area contributed by atoms with Gasteiger partial charge in [0.15, 0.2) is 0 Å². The van der Waals surface area contributed by atoms with E-state index in [0.717, 1.165) is 6.42 Å². The maximum absolute atomic E-state index is 13.8. The number of ether oxygens (including phenoxy) is 1. The maximum Gasteiger partial charge on any atom is 0.262 e. The molecule has 6 heteroatoms. The molecular weight excluding hydrogens is 275 g/mol. The van der Waals surface area contributed by atoms with Crippen LogP contribution in [-0.2, 0) is 4.74 Å². The first kappa shape index (κ1) is 15.2. The average Bonchev–Trinajstić information content (AvgIpc) is 2.46. The van der Waals surface area contributed by atoms with Crippen LogP contribution in [0.25, 0.3) is 11.1 Å². The molecule has 1 unspecified atom stereocenters. The first-order valence-electron chi connectivity index (χ1n) is 6.69. The summed E-state index contributed by atoms with van der Waals surface area (Å²) in [7, 11) is 1.50. The molecule has 1 atom stereocenters. The van der Waals surface area contributed by atoms with Crippen LogP contribution in [0, 0.1) is 5.82 Å². The lowest BCUT2D eigenvalue weighted by atomic mass is 10.1. The second kappa shape index (κ2) is 6.49. The Labute approximate surface area is 121 Å². The summed E-state index contributed by atoms with van der Waals surface area (Å²) >= 11 is 0. The van der Waals surface area contributed by atoms with Crippen LogP contribution in [0.2, 0.25) is 0 Å². The number of halogens is 1. The predicted molar refractivity (Wildman–Crippen MR) is 76.6 cm³/mol. The van der Waals surface area contributed by atoms with Gasteiger partial charge in [-0.1, -0.05) is 31.5 Å². The Hall–Kier alpha value is -2.21. The molecule has 2 N–H and O–H groups in total. The van der Waals surface area contributed by atoms with E-state index in [2.05, 4.69) is 9.97 Å². The third kappa shape index (κ3) is 3.11. The van der Waals surface area contributed by atoms with Crippen LogP contribution in [0.1, 0.15) is 31.7 Å². The normalized spacial score (nSPS) is 12.3. The minimum Gasteiger partial charge on any atom is -0.493 e. The summed E-state index contributed by atoms with van der Waals surface area (Å²) in [5.74, 6) is -0.858. The van der Waals surface area contributed by atoms with Crippen molar-refractivity contribution >= 4 is 0 Å². The Morgan fingerprint density at radius 3 is 2.71 bits per heavy atom. The number of rotatable bonds is 5. The largest absolute Gasteiger partial charge is 0.493 e. The number of methoxy groups -OCH3 is 1. The van der Waals surface area contributed by atoms with Gasteiger partial charge in [0.25, 0.3) is 5.56 Å². The number of nitrogens with one attached hydrogen (secondary N) is 1. The van der Waals surface area contributed by atoms with Crippen molar-refractivity contribution in [3.8, 4) is 17.0 Å². The third-order valence-electron chi connectivity index (χ3n) is 3.20. The Morgan fingerprint density at radius 2 is 2.14 bits per heavy atom. The lowest BCUT2D eigenvalue weighted by Crippen LogP contribution is -2.18. The molecule has 0 radical (unpaired) electrons. The molecule has 0 bridgehead atoms. The fourth-order valence-electron chi connectivity index (χ4n) is 2.17. The Morgan fingerprint density at radius 1 is 1.43 bits per heavy atom. The molecule has 2 rings (SSSR count). The lowest BCUT2D eigenvalue weighted by Gasteiger charge is -2.14. The van der Waals surface area contributed by atoms with Gasteiger partial charge in [-0.2, -0.15) is 4.98 Å². The summed E-state index contributed by atoms with van der Waals surface area (Å²) in [6.07, 6.45) is 1.07. The molecule has 0 amide bonds. The maximum atomic E-state index is 13.8. The van der Waals surface area contributed by atoms with Crippen LogP contribution >= 0.6 is 0 Å². The molecule has 0 aliphatic rings. The fourth-order valence-corrected chi connectivity index (χ4v) is 2.17. The van der Waals surface area contributed by atoms with Gasteiger partial charge < -0.3 is 14.8 Å². The predicted octanol–water partition coefficient (Wildman–Crippen LogP) is 2.77. The number of hydrogen-bond donors (Lipinski definition) is 2. The van der Waals surface area contributed by atoms with E-state index < -0.39 is 23.4 Å². The van der Waals surface area contributed by atoms with E-state index in [1.807, 2.05) is 6.92 Å². The molecule has 1 aromatic heterocycles. The van der Waals surface area contributed by atoms with E-state index in [1.165, 1.54) is 25.3 Å². The molecule has 0 spiro atoms. The molecule has 0 aliphatic carbocycles. The van der Waals surface area contributed by atoms with E-state index in [0.29, 0.717) is 6.42 Å². The van der Waals surface area contributed by atoms with Crippen LogP contribution in [-0.4, -0.2) is 22.2 Å². The van der Waals surface area contributed by atoms with Gasteiger partial charge in [0.2, 0.25) is 5.88 Å². The van der Waals surface area contributed by atoms with Crippen molar-refractivity contribution in [2.24, 2.45) is 0 Å². The lowest BCUT2D eigenvalue weighted by molar-refractivity contribution is 0.0868. The van der Waals surface area contributed by atoms with Crippen molar-refractivity contribution < 1.29 is 14.2 Å². The standard InChI is InChI=1S/C15H17FN2O3/c1-3-6-11(21-2)13-17-14(19)12(15(20)18-13)9-7-4-5-8-10(9)16/h4-5,7-8,11H,3,6H2,1-2H3,(H2,17,18,19,20). The molecule has 0 saturated carbocycles. The molecule has 21 heavy (non-hydrogen) atoms. The van der Waals surface area contributed by atoms with Crippen LogP contribution in [0.15, 0.2) is 29.1 Å². The van der Waals surface area contributed by atoms with Crippen molar-refractivity contribution in [3.05, 3.63) is 46.3 Å². The van der Waals surface area contributed by atoms with Gasteiger partial charge in [-0.15, -0.1) is 0 Å². The minimum absolute atomic E-state index is 0.0137. The Balaban J connectivity index is 2.53. The highest BCUT2D eigenvalue weighted by atomic mass is 19.1. The summed E-state index contributed by atoms with van der Waals surface area (Å²) in [5, 5.41) is 10.0. The number of aromatic nitrogens is 2. The van der Waals surface area contributed by atoms with Crippen LogP contribution in [0.5, 0.6) is 5.88 Å². The quantitative estimate of drug-likeness (QED) is 0.888. The molecular formula is C15H17FN2O3. The third-order valence-corrected chi connectivity index (χ3v) is 3.20. The van der Waals surface area contributed by atoms with Crippen LogP contribution < -0.4 is 5.56 Å². The van der Waals surface area contributed by atoms with Crippen LogP contribution in [0.3, 0.4) is 0 Å². The van der Waals surface area contributed by atoms with E-state index in [1.54, 1.807) is 6.07 Å². The van der Waals surface area contributed by atoms with E-state index in [9.17, 15) is 14.3 Å². The number of hydrogen-bond acceptors (Lipinski definition) is 4. The zero-order valence-electron chi connectivity index (χ0n) is 11.9. The Bertz CT molecular complexity index is 685. The van der Waals surface area contributed by atoms with Gasteiger partial charge in [0, 0.05) is 12.7 Å². The van der Waals surface area contributed by atoms with Gasteiger partial charge in [-0.3, -0.25) is 4.79 Å². The average molecular weight is 292 g/mol. The first-order chi connectivity index (χ1) is 10.1. The van der Waals surface area contributed by atoms with E-state index >= 15 is 0 Å². The SMILES string of the molecule is CCCC(OC)c1nc(O)c(-c2ccccc2F)c(=O)[nH]1. The second-order valence-electron chi connectivity index (χ2n) is 4.64. The fraction of sp³-hybridized carbons (Fsp3) is 0.333. The molecule has 5 nitrogen and oxygen atoms in total. The van der Waals surface area contributed by atoms with Gasteiger partial charge in [-0.05, 0) is 12.5 Å². The molecule has 2 aromatic rings. The van der Waals surface area contributed by atoms with Crippen molar-refractivity contribution in [1.82, 2.24) is 9.97 Å². The summed E-state index contributed by atoms with van der Waals surface area (Å²) in [6.45, 7) is 1.97. The highest BCUT2D eigenvalue weighted by Crippen LogP contribution is 2.27. The molecule has 1 aromatic carbocycles. The van der Waals surface area contributed by atoms with Crippen molar-refractivity contribution in [2.45, 2.75) is 25.9 Å². The Kier molecular flexibility index (Phi) is 4.70. The molecule has 0 fully saturated rings. The summed E-state index contributed by atoms with van der Waals surface area (Å²) in [6, 6.07) is 5.73. The van der Waals surface area contributed by atoms with E-state index in [4.69, 9.17) is 4.74 Å². The first-order valence-corrected chi connectivity index (χ1v) is 6.69. The highest BCUT2D eigenvalue weighted by molar-refractivity contribution is 5.67. The van der Waals surface area contributed by atoms with Gasteiger partial charge >= 0.3 is 0 Å². The zero-order chi connectivity index (χ0) is 15.4. The second-order valence-corrected chi connectivity index (χ2v) is 4.64. The zero-order valence-corrected chi connectivity index (χ0v) is 11.9. The number of H-pyrrole nitrogens is 1. The monoisotopic (exact) mass is 292 g/mol. The summed E-state index contributed by atoms with van der Waals surface area (Å²) in [4.78, 5) is 18.7. The summed E-state index contributed by atoms with van der Waals surface area (Å²) in [5.41, 5.74) is -0.760. The smallest absolute Gasteiger partial charge is 0.262 e. The van der Waals surface area contributed by atoms with Crippen molar-refractivity contribution in [2.75, 3.05) is 7.11 Å². The molecule has 0 aliphatic heterocycles. The highest BCUT2D eigenvalue weighted by Gasteiger charge is 2.19. The van der Waals surface area contributed by atoms with Gasteiger partial charge in [0.05, 0.1) is 0 Å². The number of aromatic amines is 1. The molecule has 0 saturated heterocycles. The topological polar surface area (TPSA) is 75.2 Å². The number of nitrogens with zero attached hydrogens (tertiary/aromatic N) is 1. The van der Waals surface area contributed by atoms with Crippen molar-refractivity contribution in [1.29, 1.82) is 0 Å². The van der Waals surface area contributed by atoms with Crippen molar-refractivity contribution in [3.63, 3.8) is 0 Å². The van der Waals surface area contributed by atoms with Crippen LogP contribution in [0.4, 0.5) is 4.39 Å². The number of aromatic hydroxyl groups is 1. The molecule has 1 heterocycles. The molecule has 112 valence electrons. The van der Waals surface area contributed by atoms with E-state index in [-0.39, 0.29) is 17.0 Å². The minimum atomic E-state index is -0.597.